The van der Waals surface area contributed by atoms with Crippen molar-refractivity contribution in [3.8, 4) is 0 Å². The predicted octanol–water partition coefficient (Wildman–Crippen LogP) is 2.73. The molecule has 7 nitrogen and oxygen atoms in total. The van der Waals surface area contributed by atoms with Crippen LogP contribution in [-0.4, -0.2) is 19.3 Å². The number of pyridine rings is 1. The summed E-state index contributed by atoms with van der Waals surface area (Å²) in [7, 11) is -4.09. The molecule has 0 bridgehead atoms. The SMILES string of the molecule is O=C(NNS(=O)(=O)c1ccc(F)cc1)c1cccnc1Nc1ccc(F)cc1. The van der Waals surface area contributed by atoms with Crippen molar-refractivity contribution >= 4 is 27.4 Å². The van der Waals surface area contributed by atoms with Crippen LogP contribution >= 0.6 is 0 Å². The molecule has 1 amide bonds. The summed E-state index contributed by atoms with van der Waals surface area (Å²) in [4.78, 5) is 18.2. The Bertz CT molecular complexity index is 1090. The van der Waals surface area contributed by atoms with Crippen molar-refractivity contribution in [2.24, 2.45) is 0 Å². The van der Waals surface area contributed by atoms with Gasteiger partial charge in [-0.3, -0.25) is 10.2 Å². The number of sulfonamides is 1. The summed E-state index contributed by atoms with van der Waals surface area (Å²) in [5.41, 5.74) is 2.61. The fourth-order valence-corrected chi connectivity index (χ4v) is 3.05. The minimum atomic E-state index is -4.09. The summed E-state index contributed by atoms with van der Waals surface area (Å²) < 4.78 is 50.3. The standard InChI is InChI=1S/C18H14F2N4O3S/c19-12-3-7-14(8-4-12)22-17-16(2-1-11-21-17)18(25)23-24-28(26,27)15-9-5-13(20)6-10-15/h1-11,24H,(H,21,22)(H,23,25). The van der Waals surface area contributed by atoms with Crippen LogP contribution < -0.4 is 15.6 Å². The van der Waals surface area contributed by atoms with Gasteiger partial charge in [-0.15, -0.1) is 4.83 Å². The van der Waals surface area contributed by atoms with E-state index in [4.69, 9.17) is 0 Å². The van der Waals surface area contributed by atoms with Crippen molar-refractivity contribution in [3.05, 3.63) is 84.1 Å². The van der Waals surface area contributed by atoms with E-state index in [1.54, 1.807) is 0 Å². The van der Waals surface area contributed by atoms with Gasteiger partial charge in [-0.2, -0.15) is 0 Å². The molecule has 3 N–H and O–H groups in total. The molecule has 0 aliphatic heterocycles. The van der Waals surface area contributed by atoms with Gasteiger partial charge in [0, 0.05) is 11.9 Å². The Morgan fingerprint density at radius 1 is 0.893 bits per heavy atom. The van der Waals surface area contributed by atoms with Gasteiger partial charge >= 0.3 is 0 Å². The van der Waals surface area contributed by atoms with Gasteiger partial charge in [0.15, 0.2) is 0 Å². The molecule has 10 heteroatoms. The highest BCUT2D eigenvalue weighted by Gasteiger charge is 2.18. The van der Waals surface area contributed by atoms with E-state index in [2.05, 4.69) is 15.7 Å². The van der Waals surface area contributed by atoms with Crippen molar-refractivity contribution in [1.29, 1.82) is 0 Å². The van der Waals surface area contributed by atoms with Crippen LogP contribution in [0.3, 0.4) is 0 Å². The number of halogens is 2. The Kier molecular flexibility index (Phi) is 5.62. The van der Waals surface area contributed by atoms with Gasteiger partial charge in [0.05, 0.1) is 10.5 Å². The number of carbonyl (C=O) groups is 1. The minimum Gasteiger partial charge on any atom is -0.340 e. The molecule has 2 aromatic carbocycles. The molecule has 1 heterocycles. The first-order valence-corrected chi connectivity index (χ1v) is 9.39. The van der Waals surface area contributed by atoms with Gasteiger partial charge in [0.1, 0.15) is 17.5 Å². The predicted molar refractivity (Wildman–Crippen MR) is 98.1 cm³/mol. The van der Waals surface area contributed by atoms with Crippen LogP contribution in [0, 0.1) is 11.6 Å². The molecule has 0 spiro atoms. The average Bonchev–Trinajstić information content (AvgIpc) is 2.69. The van der Waals surface area contributed by atoms with E-state index in [-0.39, 0.29) is 16.3 Å². The number of anilines is 2. The lowest BCUT2D eigenvalue weighted by atomic mass is 10.2. The van der Waals surface area contributed by atoms with E-state index in [1.165, 1.54) is 42.6 Å². The van der Waals surface area contributed by atoms with Gasteiger partial charge < -0.3 is 5.32 Å². The molecule has 3 rings (SSSR count). The lowest BCUT2D eigenvalue weighted by Gasteiger charge is -2.12. The number of hydrogen-bond acceptors (Lipinski definition) is 5. The molecule has 0 saturated heterocycles. The number of hydrazine groups is 1. The average molecular weight is 404 g/mol. The number of amides is 1. The van der Waals surface area contributed by atoms with Crippen LogP contribution in [-0.2, 0) is 10.0 Å². The number of nitrogens with one attached hydrogen (secondary N) is 3. The Hall–Kier alpha value is -3.37. The first kappa shape index (κ1) is 19.4. The fourth-order valence-electron chi connectivity index (χ4n) is 2.21. The van der Waals surface area contributed by atoms with Crippen LogP contribution in [0.15, 0.2) is 71.8 Å². The molecule has 1 aromatic heterocycles. The maximum Gasteiger partial charge on any atom is 0.269 e. The highest BCUT2D eigenvalue weighted by molar-refractivity contribution is 7.89. The largest absolute Gasteiger partial charge is 0.340 e. The molecule has 144 valence electrons. The third-order valence-corrected chi connectivity index (χ3v) is 4.85. The minimum absolute atomic E-state index is 0.0497. The quantitative estimate of drug-likeness (QED) is 0.549. The van der Waals surface area contributed by atoms with Crippen LogP contribution in [0.25, 0.3) is 0 Å². The summed E-state index contributed by atoms with van der Waals surface area (Å²) in [5, 5.41) is 2.86. The molecule has 0 saturated carbocycles. The van der Waals surface area contributed by atoms with Crippen LogP contribution in [0.2, 0.25) is 0 Å². The van der Waals surface area contributed by atoms with Crippen LogP contribution in [0.5, 0.6) is 0 Å². The molecule has 0 aliphatic rings. The van der Waals surface area contributed by atoms with Crippen molar-refractivity contribution in [3.63, 3.8) is 0 Å². The van der Waals surface area contributed by atoms with Gasteiger partial charge in [-0.25, -0.2) is 22.2 Å². The number of rotatable bonds is 6. The molecule has 0 atom stereocenters. The lowest BCUT2D eigenvalue weighted by Crippen LogP contribution is -2.41. The molecule has 3 aromatic rings. The molecular formula is C18H14F2N4O3S. The fraction of sp³-hybridized carbons (Fsp3) is 0. The molecule has 0 fully saturated rings. The van der Waals surface area contributed by atoms with Gasteiger partial charge in [-0.1, -0.05) is 0 Å². The zero-order chi connectivity index (χ0) is 20.1. The van der Waals surface area contributed by atoms with E-state index in [1.807, 2.05) is 4.83 Å². The summed E-state index contributed by atoms with van der Waals surface area (Å²) in [5.74, 6) is -1.63. The summed E-state index contributed by atoms with van der Waals surface area (Å²) >= 11 is 0. The van der Waals surface area contributed by atoms with Crippen molar-refractivity contribution in [2.45, 2.75) is 4.90 Å². The molecule has 0 radical (unpaired) electrons. The third kappa shape index (κ3) is 4.67. The molecule has 0 aliphatic carbocycles. The highest BCUT2D eigenvalue weighted by Crippen LogP contribution is 2.18. The number of carbonyl (C=O) groups excluding carboxylic acids is 1. The number of nitrogens with zero attached hydrogens (tertiary/aromatic N) is 1. The summed E-state index contributed by atoms with van der Waals surface area (Å²) in [6, 6.07) is 12.4. The van der Waals surface area contributed by atoms with E-state index in [0.717, 1.165) is 24.3 Å². The van der Waals surface area contributed by atoms with Gasteiger partial charge in [0.25, 0.3) is 15.9 Å². The molecular weight excluding hydrogens is 390 g/mol. The zero-order valence-corrected chi connectivity index (χ0v) is 15.0. The van der Waals surface area contributed by atoms with Crippen molar-refractivity contribution < 1.29 is 22.0 Å². The smallest absolute Gasteiger partial charge is 0.269 e. The van der Waals surface area contributed by atoms with E-state index >= 15 is 0 Å². The highest BCUT2D eigenvalue weighted by atomic mass is 32.2. The second-order valence-electron chi connectivity index (χ2n) is 5.55. The summed E-state index contributed by atoms with van der Waals surface area (Å²) in [6.07, 6.45) is 1.44. The van der Waals surface area contributed by atoms with Gasteiger partial charge in [-0.05, 0) is 60.7 Å². The Morgan fingerprint density at radius 2 is 1.50 bits per heavy atom. The maximum atomic E-state index is 13.0. The number of benzene rings is 2. The summed E-state index contributed by atoms with van der Waals surface area (Å²) in [6.45, 7) is 0. The second-order valence-corrected chi connectivity index (χ2v) is 7.23. The van der Waals surface area contributed by atoms with E-state index in [9.17, 15) is 22.0 Å². The Balaban J connectivity index is 1.74. The van der Waals surface area contributed by atoms with Crippen molar-refractivity contribution in [2.75, 3.05) is 5.32 Å². The molecule has 0 unspecified atom stereocenters. The Morgan fingerprint density at radius 3 is 2.14 bits per heavy atom. The van der Waals surface area contributed by atoms with Crippen molar-refractivity contribution in [1.82, 2.24) is 15.2 Å². The van der Waals surface area contributed by atoms with E-state index in [0.29, 0.717) is 5.69 Å². The normalized spacial score (nSPS) is 11.1. The second kappa shape index (κ2) is 8.11. The monoisotopic (exact) mass is 404 g/mol. The molecule has 28 heavy (non-hydrogen) atoms. The van der Waals surface area contributed by atoms with E-state index < -0.39 is 27.6 Å². The third-order valence-electron chi connectivity index (χ3n) is 3.58. The zero-order valence-electron chi connectivity index (χ0n) is 14.2. The topological polar surface area (TPSA) is 100 Å². The first-order valence-electron chi connectivity index (χ1n) is 7.90. The number of hydrogen-bond donors (Lipinski definition) is 3. The van der Waals surface area contributed by atoms with Gasteiger partial charge in [0.2, 0.25) is 0 Å². The van der Waals surface area contributed by atoms with Crippen LogP contribution in [0.1, 0.15) is 10.4 Å². The maximum absolute atomic E-state index is 13.0. The lowest BCUT2D eigenvalue weighted by molar-refractivity contribution is 0.0945. The number of aromatic nitrogens is 1. The first-order chi connectivity index (χ1) is 13.3. The Labute approximate surface area is 159 Å². The van der Waals surface area contributed by atoms with Crippen LogP contribution in [0.4, 0.5) is 20.3 Å².